The molecule has 2 aliphatic heterocycles. The highest BCUT2D eigenvalue weighted by atomic mass is 19.1. The molecule has 1 N–H and O–H groups in total. The number of carbonyl (C=O) groups is 1. The number of carbonyl (C=O) groups excluding carboxylic acids is 1. The van der Waals surface area contributed by atoms with Crippen LogP contribution in [0.5, 0.6) is 0 Å². The molecule has 0 amide bonds. The number of pyridine rings is 2. The Bertz CT molecular complexity index is 1180. The van der Waals surface area contributed by atoms with Crippen molar-refractivity contribution in [2.75, 3.05) is 25.0 Å². The Labute approximate surface area is 237 Å². The van der Waals surface area contributed by atoms with E-state index >= 15 is 4.39 Å². The largest absolute Gasteiger partial charge is 0.459 e. The molecule has 2 unspecified atom stereocenters. The number of hydrogen-bond donors (Lipinski definition) is 1. The van der Waals surface area contributed by atoms with E-state index in [2.05, 4.69) is 22.4 Å². The summed E-state index contributed by atoms with van der Waals surface area (Å²) in [5.41, 5.74) is 3.03. The van der Waals surface area contributed by atoms with Gasteiger partial charge in [-0.15, -0.1) is 0 Å². The summed E-state index contributed by atoms with van der Waals surface area (Å²) in [5.74, 6) is 0.197. The van der Waals surface area contributed by atoms with Crippen LogP contribution in [-0.2, 0) is 22.4 Å². The number of nitrogens with zero attached hydrogens (tertiary/aromatic N) is 3. The van der Waals surface area contributed by atoms with E-state index in [9.17, 15) is 9.18 Å². The standard InChI is InChI=1S/C32H44F2N4O2/c1-32(2,3)40-31(39)29(26-18-24(33)19-36-28(26)21-8-6-9-21)38-17-15-23(20-38)27(34)12-5-4-11-25-14-13-22-10-7-16-35-30(22)37-25/h13-14,18-19,21,23,27,29H,4-12,15-17,20H2,1-3H3,(H,35,37)/t23-,27?,29?/m1/s1. The van der Waals surface area contributed by atoms with Crippen LogP contribution in [0.15, 0.2) is 24.4 Å². The molecule has 6 nitrogen and oxygen atoms in total. The normalized spacial score (nSPS) is 21.3. The van der Waals surface area contributed by atoms with Crippen molar-refractivity contribution in [3.63, 3.8) is 0 Å². The number of fused-ring (bicyclic) bond motifs is 1. The second-order valence-electron chi connectivity index (χ2n) is 12.8. The maximum Gasteiger partial charge on any atom is 0.328 e. The summed E-state index contributed by atoms with van der Waals surface area (Å²) >= 11 is 0. The highest BCUT2D eigenvalue weighted by Gasteiger charge is 2.41. The molecular formula is C32H44F2N4O2. The van der Waals surface area contributed by atoms with E-state index < -0.39 is 29.6 Å². The fourth-order valence-electron chi connectivity index (χ4n) is 6.27. The molecule has 8 heteroatoms. The smallest absolute Gasteiger partial charge is 0.328 e. The quantitative estimate of drug-likeness (QED) is 0.261. The third-order valence-corrected chi connectivity index (χ3v) is 8.58. The molecule has 2 aromatic heterocycles. The van der Waals surface area contributed by atoms with Gasteiger partial charge in [-0.2, -0.15) is 0 Å². The summed E-state index contributed by atoms with van der Waals surface area (Å²) in [6.07, 6.45) is 9.27. The van der Waals surface area contributed by atoms with Crippen molar-refractivity contribution < 1.29 is 18.3 Å². The van der Waals surface area contributed by atoms with Gasteiger partial charge in [-0.1, -0.05) is 18.9 Å². The molecule has 0 aromatic carbocycles. The number of esters is 1. The van der Waals surface area contributed by atoms with Gasteiger partial charge >= 0.3 is 5.97 Å². The lowest BCUT2D eigenvalue weighted by atomic mass is 9.80. The first-order chi connectivity index (χ1) is 19.2. The second kappa shape index (κ2) is 12.5. The molecule has 1 aliphatic carbocycles. The number of anilines is 1. The van der Waals surface area contributed by atoms with E-state index in [-0.39, 0.29) is 11.8 Å². The number of unbranched alkanes of at least 4 members (excludes halogenated alkanes) is 1. The van der Waals surface area contributed by atoms with Crippen molar-refractivity contribution in [3.05, 3.63) is 52.7 Å². The Morgan fingerprint density at radius 3 is 2.77 bits per heavy atom. The number of aromatic nitrogens is 2. The molecule has 3 aliphatic rings. The lowest BCUT2D eigenvalue weighted by Crippen LogP contribution is -2.38. The third kappa shape index (κ3) is 6.99. The monoisotopic (exact) mass is 554 g/mol. The van der Waals surface area contributed by atoms with Crippen LogP contribution < -0.4 is 5.32 Å². The van der Waals surface area contributed by atoms with Crippen molar-refractivity contribution in [2.24, 2.45) is 5.92 Å². The predicted molar refractivity (Wildman–Crippen MR) is 153 cm³/mol. The molecule has 5 rings (SSSR count). The number of nitrogens with one attached hydrogen (secondary N) is 1. The fourth-order valence-corrected chi connectivity index (χ4v) is 6.27. The molecule has 218 valence electrons. The fraction of sp³-hybridized carbons (Fsp3) is 0.656. The van der Waals surface area contributed by atoms with E-state index in [0.717, 1.165) is 75.1 Å². The molecular weight excluding hydrogens is 510 g/mol. The number of alkyl halides is 1. The van der Waals surface area contributed by atoms with Gasteiger partial charge < -0.3 is 10.1 Å². The summed E-state index contributed by atoms with van der Waals surface area (Å²) in [4.78, 5) is 24.7. The lowest BCUT2D eigenvalue weighted by molar-refractivity contribution is -0.161. The SMILES string of the molecule is CC(C)(C)OC(=O)C(c1cc(F)cnc1C1CCC1)N1CC[C@@H](C(F)CCCCc2ccc3c(n2)NCCC3)C1. The van der Waals surface area contributed by atoms with Gasteiger partial charge in [0, 0.05) is 41.9 Å². The summed E-state index contributed by atoms with van der Waals surface area (Å²) in [6, 6.07) is 4.93. The molecule has 2 fully saturated rings. The van der Waals surface area contributed by atoms with Gasteiger partial charge in [0.25, 0.3) is 0 Å². The van der Waals surface area contributed by atoms with Gasteiger partial charge in [-0.25, -0.2) is 18.6 Å². The maximum atomic E-state index is 15.5. The van der Waals surface area contributed by atoms with E-state index in [1.807, 2.05) is 25.7 Å². The minimum absolute atomic E-state index is 0.162. The Morgan fingerprint density at radius 2 is 2.02 bits per heavy atom. The minimum atomic E-state index is -0.945. The molecule has 2 aromatic rings. The van der Waals surface area contributed by atoms with Gasteiger partial charge in [0.1, 0.15) is 29.4 Å². The number of aryl methyl sites for hydroxylation is 2. The average molecular weight is 555 g/mol. The van der Waals surface area contributed by atoms with E-state index in [4.69, 9.17) is 9.72 Å². The molecule has 40 heavy (non-hydrogen) atoms. The van der Waals surface area contributed by atoms with E-state index in [1.54, 1.807) is 0 Å². The van der Waals surface area contributed by atoms with Gasteiger partial charge in [0.05, 0.1) is 6.20 Å². The maximum absolute atomic E-state index is 15.5. The molecule has 4 heterocycles. The van der Waals surface area contributed by atoms with E-state index in [0.29, 0.717) is 31.5 Å². The molecule has 3 atom stereocenters. The van der Waals surface area contributed by atoms with Crippen molar-refractivity contribution in [1.82, 2.24) is 14.9 Å². The van der Waals surface area contributed by atoms with Crippen molar-refractivity contribution in [3.8, 4) is 0 Å². The number of ether oxygens (including phenoxy) is 1. The van der Waals surface area contributed by atoms with Crippen LogP contribution >= 0.6 is 0 Å². The van der Waals surface area contributed by atoms with Crippen molar-refractivity contribution in [2.45, 2.75) is 109 Å². The zero-order chi connectivity index (χ0) is 28.3. The van der Waals surface area contributed by atoms with Gasteiger partial charge in [-0.05, 0) is 96.4 Å². The molecule has 1 saturated carbocycles. The molecule has 1 saturated heterocycles. The van der Waals surface area contributed by atoms with Crippen LogP contribution in [0.1, 0.15) is 107 Å². The van der Waals surface area contributed by atoms with E-state index in [1.165, 1.54) is 17.8 Å². The number of halogens is 2. The Hall–Kier alpha value is -2.61. The summed E-state index contributed by atoms with van der Waals surface area (Å²) in [5, 5.41) is 3.38. The van der Waals surface area contributed by atoms with Crippen LogP contribution in [0.25, 0.3) is 0 Å². The Balaban J connectivity index is 1.21. The lowest BCUT2D eigenvalue weighted by Gasteiger charge is -2.34. The number of rotatable bonds is 10. The summed E-state index contributed by atoms with van der Waals surface area (Å²) in [7, 11) is 0. The highest BCUT2D eigenvalue weighted by Crippen LogP contribution is 2.41. The molecule has 0 radical (unpaired) electrons. The number of hydrogen-bond acceptors (Lipinski definition) is 6. The molecule has 0 spiro atoms. The first-order valence-electron chi connectivity index (χ1n) is 15.2. The highest BCUT2D eigenvalue weighted by molar-refractivity contribution is 5.78. The summed E-state index contributed by atoms with van der Waals surface area (Å²) < 4.78 is 35.7. The van der Waals surface area contributed by atoms with Crippen molar-refractivity contribution >= 4 is 11.8 Å². The average Bonchev–Trinajstić information content (AvgIpc) is 3.36. The van der Waals surface area contributed by atoms with Crippen molar-refractivity contribution in [1.29, 1.82) is 0 Å². The zero-order valence-electron chi connectivity index (χ0n) is 24.2. The van der Waals surface area contributed by atoms with Crippen LogP contribution in [0.2, 0.25) is 0 Å². The van der Waals surface area contributed by atoms with Crippen LogP contribution in [0, 0.1) is 11.7 Å². The van der Waals surface area contributed by atoms with Crippen LogP contribution in [0.4, 0.5) is 14.6 Å². The first kappa shape index (κ1) is 28.9. The predicted octanol–water partition coefficient (Wildman–Crippen LogP) is 6.70. The number of likely N-dealkylation sites (tertiary alicyclic amines) is 1. The topological polar surface area (TPSA) is 67.3 Å². The minimum Gasteiger partial charge on any atom is -0.459 e. The van der Waals surface area contributed by atoms with Gasteiger partial charge in [0.15, 0.2) is 0 Å². The summed E-state index contributed by atoms with van der Waals surface area (Å²) in [6.45, 7) is 7.49. The van der Waals surface area contributed by atoms with Crippen LogP contribution in [-0.4, -0.2) is 52.2 Å². The second-order valence-corrected chi connectivity index (χ2v) is 12.8. The zero-order valence-corrected chi connectivity index (χ0v) is 24.2. The first-order valence-corrected chi connectivity index (χ1v) is 15.2. The Kier molecular flexibility index (Phi) is 9.03. The van der Waals surface area contributed by atoms with Crippen LogP contribution in [0.3, 0.4) is 0 Å². The van der Waals surface area contributed by atoms with Gasteiger partial charge in [0.2, 0.25) is 0 Å². The third-order valence-electron chi connectivity index (χ3n) is 8.58. The molecule has 0 bridgehead atoms. The van der Waals surface area contributed by atoms with Gasteiger partial charge in [-0.3, -0.25) is 9.88 Å². The Morgan fingerprint density at radius 1 is 1.20 bits per heavy atom.